The van der Waals surface area contributed by atoms with Gasteiger partial charge in [-0.15, -0.1) is 0 Å². The summed E-state index contributed by atoms with van der Waals surface area (Å²) in [7, 11) is 7.69. The largest absolute Gasteiger partial charge is 0.155 e. The third kappa shape index (κ3) is 12.1. The van der Waals surface area contributed by atoms with E-state index in [4.69, 9.17) is 0 Å². The fraction of sp³-hybridized carbons (Fsp3) is 1.00. The lowest BCUT2D eigenvalue weighted by Crippen LogP contribution is -1.56. The molecule has 0 radical (unpaired) electrons. The van der Waals surface area contributed by atoms with E-state index in [-0.39, 0.29) is 0 Å². The maximum absolute atomic E-state index is 2.12. The van der Waals surface area contributed by atoms with Crippen molar-refractivity contribution in [3.8, 4) is 0 Å². The van der Waals surface area contributed by atoms with E-state index in [2.05, 4.69) is 18.8 Å². The first-order valence-corrected chi connectivity index (χ1v) is 10.5. The molecule has 11 heavy (non-hydrogen) atoms. The molecule has 0 unspecified atom stereocenters. The van der Waals surface area contributed by atoms with Crippen molar-refractivity contribution in [1.82, 2.24) is 0 Å². The molecule has 1 aliphatic heterocycles. The van der Waals surface area contributed by atoms with Gasteiger partial charge in [-0.25, -0.2) is 0 Å². The van der Waals surface area contributed by atoms with Gasteiger partial charge < -0.3 is 0 Å². The normalized spacial score (nSPS) is 15.5. The van der Waals surface area contributed by atoms with E-state index in [1.54, 1.807) is 0 Å². The van der Waals surface area contributed by atoms with E-state index in [1.807, 2.05) is 66.7 Å². The molecule has 0 saturated carbocycles. The summed E-state index contributed by atoms with van der Waals surface area (Å²) < 4.78 is 0.861. The predicted molar refractivity (Wildman–Crippen MR) is 72.0 cm³/mol. The van der Waals surface area contributed by atoms with Crippen LogP contribution < -0.4 is 0 Å². The van der Waals surface area contributed by atoms with Crippen LogP contribution in [0.1, 0.15) is 0 Å². The smallest absolute Gasteiger partial charge is 0.126 e. The summed E-state index contributed by atoms with van der Waals surface area (Å²) in [5.74, 6) is 0. The van der Waals surface area contributed by atoms with E-state index in [0.717, 1.165) is 3.91 Å². The van der Waals surface area contributed by atoms with Gasteiger partial charge in [-0.3, -0.25) is 0 Å². The molecule has 0 aromatic heterocycles. The zero-order chi connectivity index (χ0) is 8.53. The minimum Gasteiger partial charge on any atom is -0.155 e. The van der Waals surface area contributed by atoms with Gasteiger partial charge in [0.25, 0.3) is 0 Å². The van der Waals surface area contributed by atoms with Gasteiger partial charge in [0.05, 0.1) is 0 Å². The predicted octanol–water partition coefficient (Wildman–Crippen LogP) is 4.35. The molecule has 0 bridgehead atoms. The Balaban J connectivity index is 0.000000187. The van der Waals surface area contributed by atoms with Crippen LogP contribution >= 0.6 is 66.7 Å². The van der Waals surface area contributed by atoms with Crippen LogP contribution in [0.15, 0.2) is 0 Å². The maximum Gasteiger partial charge on any atom is 0.126 e. The molecule has 1 heterocycles. The molecular weight excluding hydrogens is 252 g/mol. The first-order chi connectivity index (χ1) is 5.35. The van der Waals surface area contributed by atoms with Gasteiger partial charge in [-0.05, 0) is 18.8 Å². The van der Waals surface area contributed by atoms with Crippen molar-refractivity contribution in [3.63, 3.8) is 0 Å². The fourth-order valence-electron chi connectivity index (χ4n) is 0.251. The average Bonchev–Trinajstić information content (AvgIpc) is 2.76. The van der Waals surface area contributed by atoms with Gasteiger partial charge in [0.15, 0.2) is 0 Å². The average molecular weight is 265 g/mol. The number of rotatable bonds is 4. The molecule has 0 amide bonds. The van der Waals surface area contributed by atoms with Crippen molar-refractivity contribution >= 4 is 66.7 Å². The lowest BCUT2D eigenvalue weighted by Gasteiger charge is -1.80. The molecule has 0 spiro atoms. The Hall–Kier alpha value is 2.10. The molecule has 0 aromatic rings. The van der Waals surface area contributed by atoms with Crippen LogP contribution in [-0.2, 0) is 0 Å². The Morgan fingerprint density at radius 3 is 1.73 bits per heavy atom. The topological polar surface area (TPSA) is 0 Å². The Morgan fingerprint density at radius 1 is 1.09 bits per heavy atom. The molecule has 1 saturated heterocycles. The molecule has 1 aliphatic rings. The van der Waals surface area contributed by atoms with Crippen molar-refractivity contribution in [2.75, 3.05) is 23.9 Å². The summed E-state index contributed by atoms with van der Waals surface area (Å²) in [5.41, 5.74) is 0. The molecule has 68 valence electrons. The van der Waals surface area contributed by atoms with Crippen molar-refractivity contribution in [2.45, 2.75) is 3.91 Å². The van der Waals surface area contributed by atoms with Crippen LogP contribution in [0.25, 0.3) is 0 Å². The maximum atomic E-state index is 2.12. The quantitative estimate of drug-likeness (QED) is 0.418. The van der Waals surface area contributed by atoms with Crippen LogP contribution in [-0.4, -0.2) is 27.8 Å². The van der Waals surface area contributed by atoms with E-state index < -0.39 is 0 Å². The highest BCUT2D eigenvalue weighted by molar-refractivity contribution is 9.02. The lowest BCUT2D eigenvalue weighted by atomic mass is 11.9. The zero-order valence-electron chi connectivity index (χ0n) is 6.73. The van der Waals surface area contributed by atoms with Gasteiger partial charge >= 0.3 is 0 Å². The van der Waals surface area contributed by atoms with E-state index in [1.165, 1.54) is 5.08 Å². The number of thioether (sulfide) groups is 2. The molecular formula is C5H12S6. The molecule has 0 N–H and O–H groups in total. The summed E-state index contributed by atoms with van der Waals surface area (Å²) in [4.78, 5) is 0. The summed E-state index contributed by atoms with van der Waals surface area (Å²) in [6, 6.07) is 0. The molecule has 6 heteroatoms. The van der Waals surface area contributed by atoms with Gasteiger partial charge in [0.1, 0.15) is 3.91 Å². The minimum atomic E-state index is 0.861. The Labute approximate surface area is 93.7 Å². The highest BCUT2D eigenvalue weighted by Gasteiger charge is 2.23. The molecule has 1 rings (SSSR count). The Kier molecular flexibility index (Phi) is 12.1. The van der Waals surface area contributed by atoms with E-state index in [0.29, 0.717) is 0 Å². The van der Waals surface area contributed by atoms with E-state index in [9.17, 15) is 0 Å². The Morgan fingerprint density at radius 2 is 1.64 bits per heavy atom. The van der Waals surface area contributed by atoms with Crippen LogP contribution in [0, 0.1) is 0 Å². The Bertz CT molecular complexity index is 71.4. The summed E-state index contributed by atoms with van der Waals surface area (Å²) in [6.07, 6.45) is 6.33. The van der Waals surface area contributed by atoms with Crippen LogP contribution in [0.5, 0.6) is 0 Å². The third-order valence-corrected chi connectivity index (χ3v) is 8.10. The van der Waals surface area contributed by atoms with E-state index >= 15 is 0 Å². The second kappa shape index (κ2) is 10.2. The highest BCUT2D eigenvalue weighted by atomic mass is 33.2. The third-order valence-electron chi connectivity index (χ3n) is 0.585. The number of hydrogen-bond donors (Lipinski definition) is 0. The first-order valence-electron chi connectivity index (χ1n) is 2.84. The van der Waals surface area contributed by atoms with Crippen molar-refractivity contribution < 1.29 is 0 Å². The summed E-state index contributed by atoms with van der Waals surface area (Å²) in [5, 5.41) is 1.22. The summed E-state index contributed by atoms with van der Waals surface area (Å²) in [6.45, 7) is 0. The van der Waals surface area contributed by atoms with Crippen molar-refractivity contribution in [3.05, 3.63) is 0 Å². The molecule has 0 aromatic carbocycles. The van der Waals surface area contributed by atoms with Crippen LogP contribution in [0.4, 0.5) is 0 Å². The molecule has 0 nitrogen and oxygen atoms in total. The molecule has 1 fully saturated rings. The van der Waals surface area contributed by atoms with Crippen molar-refractivity contribution in [1.29, 1.82) is 0 Å². The molecule has 0 atom stereocenters. The standard InChI is InChI=1S/C3H8S2.C2H4S4/c1-4-3-5-2;1-3-4-2-5-6-2/h3H2,1-2H3;2H,1H3. The van der Waals surface area contributed by atoms with Gasteiger partial charge in [0, 0.05) is 5.08 Å². The second-order valence-electron chi connectivity index (χ2n) is 1.44. The van der Waals surface area contributed by atoms with Gasteiger partial charge in [-0.1, -0.05) is 43.2 Å². The zero-order valence-corrected chi connectivity index (χ0v) is 11.6. The number of hydrogen-bond acceptors (Lipinski definition) is 6. The van der Waals surface area contributed by atoms with Gasteiger partial charge in [-0.2, -0.15) is 23.5 Å². The fourth-order valence-corrected chi connectivity index (χ4v) is 6.39. The van der Waals surface area contributed by atoms with Crippen molar-refractivity contribution in [2.24, 2.45) is 0 Å². The van der Waals surface area contributed by atoms with Crippen LogP contribution in [0.2, 0.25) is 0 Å². The SMILES string of the molecule is CSCSC.CSSC1SS1. The lowest BCUT2D eigenvalue weighted by molar-refractivity contribution is 2.20. The first kappa shape index (κ1) is 13.1. The monoisotopic (exact) mass is 264 g/mol. The highest BCUT2D eigenvalue weighted by Crippen LogP contribution is 2.61. The second-order valence-corrected chi connectivity index (χ2v) is 9.49. The van der Waals surface area contributed by atoms with Crippen LogP contribution in [0.3, 0.4) is 0 Å². The molecule has 0 aliphatic carbocycles. The minimum absolute atomic E-state index is 0.861. The summed E-state index contributed by atoms with van der Waals surface area (Å²) >= 11 is 3.73. The van der Waals surface area contributed by atoms with Gasteiger partial charge in [0.2, 0.25) is 0 Å².